The van der Waals surface area contributed by atoms with E-state index in [1.54, 1.807) is 0 Å². The monoisotopic (exact) mass is 279 g/mol. The van der Waals surface area contributed by atoms with Crippen LogP contribution in [0.4, 0.5) is 0 Å². The van der Waals surface area contributed by atoms with Gasteiger partial charge in [0.2, 0.25) is 10.0 Å². The number of ether oxygens (including phenoxy) is 1. The highest BCUT2D eigenvalue weighted by molar-refractivity contribution is 7.89. The molecular formula is C11H21NO5S. The molecule has 1 saturated heterocycles. The largest absolute Gasteiger partial charge is 0.469 e. The average Bonchev–Trinajstić information content (AvgIpc) is 2.78. The number of nitrogens with zero attached hydrogens (tertiary/aromatic N) is 1. The maximum absolute atomic E-state index is 12.0. The average molecular weight is 279 g/mol. The highest BCUT2D eigenvalue weighted by Gasteiger charge is 2.30. The van der Waals surface area contributed by atoms with Gasteiger partial charge in [-0.25, -0.2) is 12.7 Å². The predicted octanol–water partition coefficient (Wildman–Crippen LogP) is -0.0263. The Morgan fingerprint density at radius 2 is 2.22 bits per heavy atom. The zero-order valence-corrected chi connectivity index (χ0v) is 11.5. The van der Waals surface area contributed by atoms with Gasteiger partial charge in [0.25, 0.3) is 0 Å². The summed E-state index contributed by atoms with van der Waals surface area (Å²) < 4.78 is 29.9. The van der Waals surface area contributed by atoms with Crippen molar-refractivity contribution in [1.82, 2.24) is 4.31 Å². The molecule has 0 aromatic heterocycles. The van der Waals surface area contributed by atoms with E-state index >= 15 is 0 Å². The van der Waals surface area contributed by atoms with Gasteiger partial charge in [0, 0.05) is 26.1 Å². The third-order valence-corrected chi connectivity index (χ3v) is 5.11. The van der Waals surface area contributed by atoms with E-state index < -0.39 is 10.0 Å². The minimum Gasteiger partial charge on any atom is -0.469 e. The topological polar surface area (TPSA) is 83.9 Å². The number of esters is 1. The lowest BCUT2D eigenvalue weighted by Crippen LogP contribution is -2.31. The van der Waals surface area contributed by atoms with Crippen LogP contribution in [-0.2, 0) is 19.6 Å². The quantitative estimate of drug-likeness (QED) is 0.662. The third kappa shape index (κ3) is 4.55. The van der Waals surface area contributed by atoms with E-state index in [4.69, 9.17) is 5.11 Å². The Hall–Kier alpha value is -0.660. The molecular weight excluding hydrogens is 258 g/mol. The van der Waals surface area contributed by atoms with Crippen molar-refractivity contribution >= 4 is 16.0 Å². The van der Waals surface area contributed by atoms with Gasteiger partial charge < -0.3 is 9.84 Å². The zero-order valence-electron chi connectivity index (χ0n) is 10.7. The number of aliphatic hydroxyl groups excluding tert-OH is 1. The molecule has 1 fully saturated rings. The molecule has 0 amide bonds. The molecule has 6 nitrogen and oxygen atoms in total. The Bertz CT molecular complexity index is 368. The molecule has 1 N–H and O–H groups in total. The molecule has 1 atom stereocenters. The highest BCUT2D eigenvalue weighted by atomic mass is 32.2. The molecule has 106 valence electrons. The first kappa shape index (κ1) is 15.4. The zero-order chi connectivity index (χ0) is 13.6. The van der Waals surface area contributed by atoms with Crippen LogP contribution >= 0.6 is 0 Å². The second-order valence-corrected chi connectivity index (χ2v) is 6.61. The number of hydrogen-bond donors (Lipinski definition) is 1. The minimum atomic E-state index is -3.27. The maximum atomic E-state index is 12.0. The van der Waals surface area contributed by atoms with E-state index in [0.717, 1.165) is 6.42 Å². The Labute approximate surface area is 108 Å². The van der Waals surface area contributed by atoms with Crippen LogP contribution in [0.2, 0.25) is 0 Å². The normalized spacial score (nSPS) is 21.1. The molecule has 1 heterocycles. The van der Waals surface area contributed by atoms with Crippen LogP contribution in [0.15, 0.2) is 0 Å². The van der Waals surface area contributed by atoms with E-state index in [0.29, 0.717) is 19.5 Å². The number of aliphatic hydroxyl groups is 1. The standard InChI is InChI=1S/C11H21NO5S/c1-17-11(14)3-2-8-18(15,16)12-6-4-10(9-12)5-7-13/h10,13H,2-9H2,1H3. The van der Waals surface area contributed by atoms with E-state index in [1.807, 2.05) is 0 Å². The Morgan fingerprint density at radius 3 is 2.83 bits per heavy atom. The van der Waals surface area contributed by atoms with Gasteiger partial charge in [-0.1, -0.05) is 0 Å². The van der Waals surface area contributed by atoms with E-state index in [1.165, 1.54) is 11.4 Å². The number of sulfonamides is 1. The molecule has 1 unspecified atom stereocenters. The van der Waals surface area contributed by atoms with Crippen molar-refractivity contribution < 1.29 is 23.1 Å². The van der Waals surface area contributed by atoms with Gasteiger partial charge in [0.15, 0.2) is 0 Å². The second-order valence-electron chi connectivity index (χ2n) is 4.52. The SMILES string of the molecule is COC(=O)CCCS(=O)(=O)N1CCC(CCO)C1. The Balaban J connectivity index is 2.38. The summed E-state index contributed by atoms with van der Waals surface area (Å²) in [6, 6.07) is 0. The summed E-state index contributed by atoms with van der Waals surface area (Å²) in [5, 5.41) is 8.83. The van der Waals surface area contributed by atoms with Crippen molar-refractivity contribution in [2.75, 3.05) is 32.6 Å². The summed E-state index contributed by atoms with van der Waals surface area (Å²) in [4.78, 5) is 10.9. The van der Waals surface area contributed by atoms with Crippen molar-refractivity contribution in [3.05, 3.63) is 0 Å². The molecule has 0 aromatic rings. The molecule has 18 heavy (non-hydrogen) atoms. The fraction of sp³-hybridized carbons (Fsp3) is 0.909. The van der Waals surface area contributed by atoms with Gasteiger partial charge in [-0.2, -0.15) is 0 Å². The molecule has 1 aliphatic heterocycles. The molecule has 0 aromatic carbocycles. The van der Waals surface area contributed by atoms with Gasteiger partial charge in [-0.05, 0) is 25.2 Å². The third-order valence-electron chi connectivity index (χ3n) is 3.19. The van der Waals surface area contributed by atoms with Crippen molar-refractivity contribution in [3.63, 3.8) is 0 Å². The molecule has 0 aliphatic carbocycles. The van der Waals surface area contributed by atoms with Crippen molar-refractivity contribution in [1.29, 1.82) is 0 Å². The van der Waals surface area contributed by atoms with Gasteiger partial charge in [0.1, 0.15) is 0 Å². The molecule has 7 heteroatoms. The summed E-state index contributed by atoms with van der Waals surface area (Å²) >= 11 is 0. The predicted molar refractivity (Wildman–Crippen MR) is 66.4 cm³/mol. The van der Waals surface area contributed by atoms with Crippen molar-refractivity contribution in [2.45, 2.75) is 25.7 Å². The Kier molecular flexibility index (Phi) is 6.04. The van der Waals surface area contributed by atoms with Crippen LogP contribution in [0, 0.1) is 5.92 Å². The fourth-order valence-corrected chi connectivity index (χ4v) is 3.69. The van der Waals surface area contributed by atoms with E-state index in [-0.39, 0.29) is 37.1 Å². The molecule has 0 radical (unpaired) electrons. The minimum absolute atomic E-state index is 0.0199. The lowest BCUT2D eigenvalue weighted by Gasteiger charge is -2.16. The smallest absolute Gasteiger partial charge is 0.305 e. The van der Waals surface area contributed by atoms with Crippen molar-refractivity contribution in [3.8, 4) is 0 Å². The number of methoxy groups -OCH3 is 1. The van der Waals surface area contributed by atoms with Crippen molar-refractivity contribution in [2.24, 2.45) is 5.92 Å². The summed E-state index contributed by atoms with van der Waals surface area (Å²) in [5.74, 6) is -0.149. The van der Waals surface area contributed by atoms with Crippen LogP contribution in [0.5, 0.6) is 0 Å². The summed E-state index contributed by atoms with van der Waals surface area (Å²) in [7, 11) is -1.98. The summed E-state index contributed by atoms with van der Waals surface area (Å²) in [5.41, 5.74) is 0. The maximum Gasteiger partial charge on any atom is 0.305 e. The summed E-state index contributed by atoms with van der Waals surface area (Å²) in [6.45, 7) is 1.10. The number of hydrogen-bond acceptors (Lipinski definition) is 5. The van der Waals surface area contributed by atoms with Gasteiger partial charge >= 0.3 is 5.97 Å². The molecule has 1 aliphatic rings. The lowest BCUT2D eigenvalue weighted by molar-refractivity contribution is -0.140. The second kappa shape index (κ2) is 7.06. The first-order chi connectivity index (χ1) is 8.49. The number of carbonyl (C=O) groups is 1. The summed E-state index contributed by atoms with van der Waals surface area (Å²) in [6.07, 6.45) is 1.87. The molecule has 0 saturated carbocycles. The first-order valence-electron chi connectivity index (χ1n) is 6.15. The van der Waals surface area contributed by atoms with E-state index in [9.17, 15) is 13.2 Å². The lowest BCUT2D eigenvalue weighted by atomic mass is 10.1. The van der Waals surface area contributed by atoms with Crippen LogP contribution in [-0.4, -0.2) is 56.4 Å². The van der Waals surface area contributed by atoms with E-state index in [2.05, 4.69) is 4.74 Å². The first-order valence-corrected chi connectivity index (χ1v) is 7.76. The van der Waals surface area contributed by atoms with Crippen LogP contribution in [0.25, 0.3) is 0 Å². The van der Waals surface area contributed by atoms with Gasteiger partial charge in [-0.3, -0.25) is 4.79 Å². The number of carbonyl (C=O) groups excluding carboxylic acids is 1. The number of rotatable bonds is 7. The molecule has 0 spiro atoms. The molecule has 0 bridgehead atoms. The van der Waals surface area contributed by atoms with Crippen LogP contribution in [0.3, 0.4) is 0 Å². The Morgan fingerprint density at radius 1 is 1.50 bits per heavy atom. The van der Waals surface area contributed by atoms with Gasteiger partial charge in [-0.15, -0.1) is 0 Å². The molecule has 1 rings (SSSR count). The van der Waals surface area contributed by atoms with Crippen LogP contribution < -0.4 is 0 Å². The van der Waals surface area contributed by atoms with Gasteiger partial charge in [0.05, 0.1) is 12.9 Å². The highest BCUT2D eigenvalue weighted by Crippen LogP contribution is 2.22. The fourth-order valence-electron chi connectivity index (χ4n) is 2.10. The van der Waals surface area contributed by atoms with Crippen LogP contribution in [0.1, 0.15) is 25.7 Å².